The Morgan fingerprint density at radius 3 is 2.47 bits per heavy atom. The third kappa shape index (κ3) is 2.94. The van der Waals surface area contributed by atoms with Crippen LogP contribution in [-0.4, -0.2) is 17.2 Å². The molecule has 1 N–H and O–H groups in total. The van der Waals surface area contributed by atoms with Crippen molar-refractivity contribution in [3.05, 3.63) is 29.3 Å². The SMILES string of the molecule is CCc1cccc(C)c1NC1CC(C)(C)OC1(C)C. The van der Waals surface area contributed by atoms with E-state index in [1.807, 2.05) is 0 Å². The maximum Gasteiger partial charge on any atom is 0.0834 e. The van der Waals surface area contributed by atoms with Crippen molar-refractivity contribution in [3.63, 3.8) is 0 Å². The predicted molar refractivity (Wildman–Crippen MR) is 81.8 cm³/mol. The molecule has 0 aliphatic carbocycles. The number of nitrogens with one attached hydrogen (secondary N) is 1. The van der Waals surface area contributed by atoms with E-state index in [0.717, 1.165) is 12.8 Å². The molecule has 1 aliphatic heterocycles. The van der Waals surface area contributed by atoms with Crippen LogP contribution in [0.5, 0.6) is 0 Å². The highest BCUT2D eigenvalue weighted by Crippen LogP contribution is 2.39. The lowest BCUT2D eigenvalue weighted by Gasteiger charge is -2.29. The van der Waals surface area contributed by atoms with E-state index < -0.39 is 0 Å². The Bertz CT molecular complexity index is 462. The summed E-state index contributed by atoms with van der Waals surface area (Å²) in [7, 11) is 0. The summed E-state index contributed by atoms with van der Waals surface area (Å²) in [6.45, 7) is 13.1. The van der Waals surface area contributed by atoms with Crippen LogP contribution in [0.4, 0.5) is 5.69 Å². The Labute approximate surface area is 117 Å². The van der Waals surface area contributed by atoms with Crippen LogP contribution in [0.2, 0.25) is 0 Å². The Hall–Kier alpha value is -1.02. The molecule has 1 unspecified atom stereocenters. The van der Waals surface area contributed by atoms with Gasteiger partial charge in [-0.25, -0.2) is 0 Å². The maximum atomic E-state index is 6.17. The van der Waals surface area contributed by atoms with Crippen LogP contribution in [0.15, 0.2) is 18.2 Å². The molecule has 1 aromatic rings. The van der Waals surface area contributed by atoms with Crippen molar-refractivity contribution in [2.24, 2.45) is 0 Å². The number of hydrogen-bond acceptors (Lipinski definition) is 2. The zero-order valence-corrected chi connectivity index (χ0v) is 13.1. The molecule has 2 heteroatoms. The summed E-state index contributed by atoms with van der Waals surface area (Å²) >= 11 is 0. The van der Waals surface area contributed by atoms with Gasteiger partial charge in [-0.15, -0.1) is 0 Å². The second-order valence-corrected chi connectivity index (χ2v) is 6.83. The summed E-state index contributed by atoms with van der Waals surface area (Å²) in [6.07, 6.45) is 2.10. The first kappa shape index (κ1) is 14.4. The summed E-state index contributed by atoms with van der Waals surface area (Å²) in [6, 6.07) is 6.88. The maximum absolute atomic E-state index is 6.17. The van der Waals surface area contributed by atoms with Crippen molar-refractivity contribution in [1.29, 1.82) is 0 Å². The normalized spacial score (nSPS) is 24.4. The highest BCUT2D eigenvalue weighted by molar-refractivity contribution is 5.58. The summed E-state index contributed by atoms with van der Waals surface area (Å²) in [5, 5.41) is 3.75. The van der Waals surface area contributed by atoms with E-state index in [1.54, 1.807) is 0 Å². The molecule has 1 saturated heterocycles. The lowest BCUT2D eigenvalue weighted by Crippen LogP contribution is -2.38. The van der Waals surface area contributed by atoms with Crippen LogP contribution in [-0.2, 0) is 11.2 Å². The summed E-state index contributed by atoms with van der Waals surface area (Å²) < 4.78 is 6.17. The molecule has 0 spiro atoms. The smallest absolute Gasteiger partial charge is 0.0834 e. The molecule has 0 bridgehead atoms. The summed E-state index contributed by atoms with van der Waals surface area (Å²) in [4.78, 5) is 0. The second-order valence-electron chi connectivity index (χ2n) is 6.83. The minimum absolute atomic E-state index is 0.0454. The molecule has 106 valence electrons. The molecule has 1 aliphatic rings. The van der Waals surface area contributed by atoms with Gasteiger partial charge in [-0.05, 0) is 58.6 Å². The Morgan fingerprint density at radius 2 is 1.95 bits per heavy atom. The molecular weight excluding hydrogens is 234 g/mol. The first-order chi connectivity index (χ1) is 8.75. The van der Waals surface area contributed by atoms with Crippen LogP contribution in [0, 0.1) is 6.92 Å². The lowest BCUT2D eigenvalue weighted by molar-refractivity contribution is -0.0662. The molecule has 1 heterocycles. The van der Waals surface area contributed by atoms with Crippen molar-refractivity contribution in [2.45, 2.75) is 71.6 Å². The van der Waals surface area contributed by atoms with Crippen molar-refractivity contribution in [2.75, 3.05) is 5.32 Å². The van der Waals surface area contributed by atoms with Crippen molar-refractivity contribution < 1.29 is 4.74 Å². The molecule has 0 amide bonds. The van der Waals surface area contributed by atoms with Crippen molar-refractivity contribution >= 4 is 5.69 Å². The van der Waals surface area contributed by atoms with Gasteiger partial charge < -0.3 is 10.1 Å². The number of anilines is 1. The fraction of sp³-hybridized carbons (Fsp3) is 0.647. The monoisotopic (exact) mass is 261 g/mol. The zero-order chi connectivity index (χ0) is 14.3. The average molecular weight is 261 g/mol. The number of rotatable bonds is 3. The van der Waals surface area contributed by atoms with E-state index in [9.17, 15) is 0 Å². The lowest BCUT2D eigenvalue weighted by atomic mass is 9.93. The van der Waals surface area contributed by atoms with E-state index in [-0.39, 0.29) is 11.2 Å². The van der Waals surface area contributed by atoms with Gasteiger partial charge in [0.05, 0.1) is 17.2 Å². The fourth-order valence-electron chi connectivity index (χ4n) is 3.19. The predicted octanol–water partition coefficient (Wildman–Crippen LogP) is 4.32. The molecule has 0 aromatic heterocycles. The van der Waals surface area contributed by atoms with Crippen molar-refractivity contribution in [1.82, 2.24) is 0 Å². The average Bonchev–Trinajstić information content (AvgIpc) is 2.49. The summed E-state index contributed by atoms with van der Waals surface area (Å²) in [5.74, 6) is 0. The molecule has 2 rings (SSSR count). The molecule has 0 saturated carbocycles. The van der Waals surface area contributed by atoms with Crippen molar-refractivity contribution in [3.8, 4) is 0 Å². The first-order valence-electron chi connectivity index (χ1n) is 7.30. The summed E-state index contributed by atoms with van der Waals surface area (Å²) in [5.41, 5.74) is 3.83. The number of aryl methyl sites for hydroxylation is 2. The molecule has 2 nitrogen and oxygen atoms in total. The largest absolute Gasteiger partial charge is 0.379 e. The van der Waals surface area contributed by atoms with Gasteiger partial charge >= 0.3 is 0 Å². The fourth-order valence-corrected chi connectivity index (χ4v) is 3.19. The van der Waals surface area contributed by atoms with Gasteiger partial charge in [0.2, 0.25) is 0 Å². The molecule has 1 fully saturated rings. The van der Waals surface area contributed by atoms with Gasteiger partial charge in [-0.1, -0.05) is 25.1 Å². The van der Waals surface area contributed by atoms with E-state index in [0.29, 0.717) is 6.04 Å². The van der Waals surface area contributed by atoms with Gasteiger partial charge in [0.25, 0.3) is 0 Å². The van der Waals surface area contributed by atoms with Gasteiger partial charge in [0.1, 0.15) is 0 Å². The Kier molecular flexibility index (Phi) is 3.65. The number of ether oxygens (including phenoxy) is 1. The van der Waals surface area contributed by atoms with Gasteiger partial charge in [0, 0.05) is 5.69 Å². The van der Waals surface area contributed by atoms with E-state index in [4.69, 9.17) is 4.74 Å². The molecule has 1 atom stereocenters. The molecular formula is C17H27NO. The van der Waals surface area contributed by atoms with E-state index in [2.05, 4.69) is 65.1 Å². The Balaban J connectivity index is 2.27. The molecule has 1 aromatic carbocycles. The minimum atomic E-state index is -0.128. The zero-order valence-electron chi connectivity index (χ0n) is 13.1. The standard InChI is InChI=1S/C17H27NO/c1-7-13-10-8-9-12(2)15(13)18-14-11-16(3,4)19-17(14,5)6/h8-10,14,18H,7,11H2,1-6H3. The van der Waals surface area contributed by atoms with Crippen LogP contribution in [0.1, 0.15) is 52.2 Å². The highest BCUT2D eigenvalue weighted by Gasteiger charge is 2.46. The second kappa shape index (κ2) is 4.82. The number of para-hydroxylation sites is 1. The molecule has 0 radical (unpaired) electrons. The number of benzene rings is 1. The van der Waals surface area contributed by atoms with Crippen LogP contribution in [0.25, 0.3) is 0 Å². The van der Waals surface area contributed by atoms with E-state index >= 15 is 0 Å². The van der Waals surface area contributed by atoms with Crippen LogP contribution >= 0.6 is 0 Å². The Morgan fingerprint density at radius 1 is 1.26 bits per heavy atom. The number of hydrogen-bond donors (Lipinski definition) is 1. The van der Waals surface area contributed by atoms with Crippen LogP contribution in [0.3, 0.4) is 0 Å². The first-order valence-corrected chi connectivity index (χ1v) is 7.30. The van der Waals surface area contributed by atoms with E-state index in [1.165, 1.54) is 16.8 Å². The van der Waals surface area contributed by atoms with Gasteiger partial charge in [0.15, 0.2) is 0 Å². The minimum Gasteiger partial charge on any atom is -0.379 e. The quantitative estimate of drug-likeness (QED) is 0.875. The van der Waals surface area contributed by atoms with Gasteiger partial charge in [-0.3, -0.25) is 0 Å². The van der Waals surface area contributed by atoms with Crippen LogP contribution < -0.4 is 5.32 Å². The van der Waals surface area contributed by atoms with Gasteiger partial charge in [-0.2, -0.15) is 0 Å². The molecule has 19 heavy (non-hydrogen) atoms. The highest BCUT2D eigenvalue weighted by atomic mass is 16.5. The third-order valence-electron chi connectivity index (χ3n) is 4.13. The topological polar surface area (TPSA) is 21.3 Å². The third-order valence-corrected chi connectivity index (χ3v) is 4.13.